The third-order valence-electron chi connectivity index (χ3n) is 3.68. The molecule has 1 aliphatic rings. The van der Waals surface area contributed by atoms with E-state index in [1.165, 1.54) is 21.9 Å². The molecule has 8 heteroatoms. The van der Waals surface area contributed by atoms with E-state index in [1.54, 1.807) is 0 Å². The van der Waals surface area contributed by atoms with Gasteiger partial charge in [-0.1, -0.05) is 13.0 Å². The molecular formula is C14H19N3O3S2. The second-order valence-electron chi connectivity index (χ2n) is 5.55. The van der Waals surface area contributed by atoms with E-state index in [1.807, 2.05) is 17.5 Å². The molecular weight excluding hydrogens is 322 g/mol. The molecule has 2 aromatic rings. The quantitative estimate of drug-likeness (QED) is 0.906. The molecule has 2 aromatic heterocycles. The molecule has 3 heterocycles. The van der Waals surface area contributed by atoms with E-state index < -0.39 is 10.2 Å². The van der Waals surface area contributed by atoms with Crippen molar-refractivity contribution in [3.8, 4) is 10.8 Å². The van der Waals surface area contributed by atoms with Gasteiger partial charge in [-0.3, -0.25) is 0 Å². The van der Waals surface area contributed by atoms with E-state index in [2.05, 4.69) is 16.6 Å². The van der Waals surface area contributed by atoms with Crippen molar-refractivity contribution in [3.63, 3.8) is 0 Å². The summed E-state index contributed by atoms with van der Waals surface area (Å²) in [5.41, 5.74) is 0.581. The molecule has 0 aromatic carbocycles. The van der Waals surface area contributed by atoms with Gasteiger partial charge in [-0.2, -0.15) is 17.4 Å². The largest absolute Gasteiger partial charge is 0.444 e. The molecule has 0 amide bonds. The Morgan fingerprint density at radius 2 is 2.41 bits per heavy atom. The first-order chi connectivity index (χ1) is 10.5. The van der Waals surface area contributed by atoms with Crippen LogP contribution in [0.25, 0.3) is 10.8 Å². The van der Waals surface area contributed by atoms with Crippen molar-refractivity contribution in [1.82, 2.24) is 14.0 Å². The first kappa shape index (κ1) is 15.7. The lowest BCUT2D eigenvalue weighted by Crippen LogP contribution is -2.45. The number of nitrogens with one attached hydrogen (secondary N) is 1. The van der Waals surface area contributed by atoms with Crippen molar-refractivity contribution in [2.45, 2.75) is 26.3 Å². The summed E-state index contributed by atoms with van der Waals surface area (Å²) in [6, 6.07) is 3.84. The minimum absolute atomic E-state index is 0.141. The van der Waals surface area contributed by atoms with Crippen molar-refractivity contribution in [3.05, 3.63) is 29.5 Å². The average Bonchev–Trinajstić information content (AvgIpc) is 3.16. The molecule has 1 atom stereocenters. The molecule has 1 saturated heterocycles. The minimum atomic E-state index is -3.45. The van der Waals surface area contributed by atoms with Crippen LogP contribution in [0, 0.1) is 5.92 Å². The zero-order valence-corrected chi connectivity index (χ0v) is 14.0. The van der Waals surface area contributed by atoms with Gasteiger partial charge in [-0.15, -0.1) is 11.3 Å². The van der Waals surface area contributed by atoms with Crippen molar-refractivity contribution in [2.24, 2.45) is 5.92 Å². The fourth-order valence-corrected chi connectivity index (χ4v) is 4.51. The average molecular weight is 341 g/mol. The van der Waals surface area contributed by atoms with Gasteiger partial charge in [0, 0.05) is 13.1 Å². The van der Waals surface area contributed by atoms with E-state index in [0.717, 1.165) is 17.7 Å². The standard InChI is InChI=1S/C14H19N3O3S2/c1-11-4-2-6-17(9-11)22(18,19)15-8-12-10-20-14(16-12)13-5-3-7-21-13/h3,5,7,10-11,15H,2,4,6,8-9H2,1H3/t11-/m1/s1. The summed E-state index contributed by atoms with van der Waals surface area (Å²) in [6.45, 7) is 3.38. The molecule has 22 heavy (non-hydrogen) atoms. The van der Waals surface area contributed by atoms with Crippen LogP contribution in [0.2, 0.25) is 0 Å². The van der Waals surface area contributed by atoms with Crippen molar-refractivity contribution >= 4 is 21.5 Å². The summed E-state index contributed by atoms with van der Waals surface area (Å²) in [7, 11) is -3.45. The van der Waals surface area contributed by atoms with Gasteiger partial charge in [-0.25, -0.2) is 4.98 Å². The summed E-state index contributed by atoms with van der Waals surface area (Å²) < 4.78 is 34.1. The molecule has 0 radical (unpaired) electrons. The minimum Gasteiger partial charge on any atom is -0.444 e. The number of rotatable bonds is 5. The highest BCUT2D eigenvalue weighted by Gasteiger charge is 2.26. The lowest BCUT2D eigenvalue weighted by Gasteiger charge is -2.29. The predicted molar refractivity (Wildman–Crippen MR) is 85.5 cm³/mol. The van der Waals surface area contributed by atoms with Gasteiger partial charge in [0.15, 0.2) is 0 Å². The molecule has 0 spiro atoms. The highest BCUT2D eigenvalue weighted by Crippen LogP contribution is 2.23. The van der Waals surface area contributed by atoms with Crippen LogP contribution in [0.3, 0.4) is 0 Å². The van der Waals surface area contributed by atoms with Crippen LogP contribution < -0.4 is 4.72 Å². The zero-order valence-electron chi connectivity index (χ0n) is 12.4. The van der Waals surface area contributed by atoms with Crippen LogP contribution in [0.5, 0.6) is 0 Å². The first-order valence-corrected chi connectivity index (χ1v) is 9.59. The maximum Gasteiger partial charge on any atom is 0.279 e. The molecule has 0 saturated carbocycles. The third kappa shape index (κ3) is 3.57. The van der Waals surface area contributed by atoms with Gasteiger partial charge in [0.25, 0.3) is 10.2 Å². The van der Waals surface area contributed by atoms with Crippen molar-refractivity contribution < 1.29 is 12.8 Å². The van der Waals surface area contributed by atoms with E-state index in [0.29, 0.717) is 30.6 Å². The number of oxazole rings is 1. The zero-order chi connectivity index (χ0) is 15.6. The number of thiophene rings is 1. The molecule has 3 rings (SSSR count). The van der Waals surface area contributed by atoms with Gasteiger partial charge in [-0.05, 0) is 30.2 Å². The molecule has 120 valence electrons. The van der Waals surface area contributed by atoms with Crippen LogP contribution in [0.4, 0.5) is 0 Å². The number of nitrogens with zero attached hydrogens (tertiary/aromatic N) is 2. The summed E-state index contributed by atoms with van der Waals surface area (Å²) in [6.07, 6.45) is 3.49. The van der Waals surface area contributed by atoms with Gasteiger partial charge in [0.2, 0.25) is 5.89 Å². The Morgan fingerprint density at radius 1 is 1.55 bits per heavy atom. The van der Waals surface area contributed by atoms with E-state index >= 15 is 0 Å². The van der Waals surface area contributed by atoms with E-state index in [9.17, 15) is 8.42 Å². The maximum absolute atomic E-state index is 12.3. The summed E-state index contributed by atoms with van der Waals surface area (Å²) >= 11 is 1.53. The molecule has 6 nitrogen and oxygen atoms in total. The number of aromatic nitrogens is 1. The van der Waals surface area contributed by atoms with Crippen LogP contribution in [-0.2, 0) is 16.8 Å². The van der Waals surface area contributed by atoms with Crippen LogP contribution in [0.15, 0.2) is 28.2 Å². The van der Waals surface area contributed by atoms with Crippen LogP contribution in [0.1, 0.15) is 25.5 Å². The third-order valence-corrected chi connectivity index (χ3v) is 6.06. The molecule has 0 bridgehead atoms. The van der Waals surface area contributed by atoms with Gasteiger partial charge in [0.1, 0.15) is 6.26 Å². The molecule has 1 aliphatic heterocycles. The van der Waals surface area contributed by atoms with Gasteiger partial charge < -0.3 is 4.42 Å². The maximum atomic E-state index is 12.3. The molecule has 1 fully saturated rings. The fourth-order valence-electron chi connectivity index (χ4n) is 2.52. The second-order valence-corrected chi connectivity index (χ2v) is 8.26. The summed E-state index contributed by atoms with van der Waals surface area (Å²) in [4.78, 5) is 5.24. The first-order valence-electron chi connectivity index (χ1n) is 7.27. The lowest BCUT2D eigenvalue weighted by molar-refractivity contribution is 0.278. The van der Waals surface area contributed by atoms with Gasteiger partial charge >= 0.3 is 0 Å². The van der Waals surface area contributed by atoms with Crippen LogP contribution >= 0.6 is 11.3 Å². The van der Waals surface area contributed by atoms with Gasteiger partial charge in [0.05, 0.1) is 17.1 Å². The Kier molecular flexibility index (Phi) is 4.62. The van der Waals surface area contributed by atoms with E-state index in [-0.39, 0.29) is 6.54 Å². The normalized spacial score (nSPS) is 20.3. The van der Waals surface area contributed by atoms with Crippen LogP contribution in [-0.4, -0.2) is 30.8 Å². The number of hydrogen-bond donors (Lipinski definition) is 1. The molecule has 0 aliphatic carbocycles. The van der Waals surface area contributed by atoms with Crippen molar-refractivity contribution in [1.29, 1.82) is 0 Å². The Bertz CT molecular complexity index is 710. The Hall–Kier alpha value is -1.22. The highest BCUT2D eigenvalue weighted by atomic mass is 32.2. The Morgan fingerprint density at radius 3 is 3.14 bits per heavy atom. The fraction of sp³-hybridized carbons (Fsp3) is 0.500. The van der Waals surface area contributed by atoms with E-state index in [4.69, 9.17) is 4.42 Å². The highest BCUT2D eigenvalue weighted by molar-refractivity contribution is 7.87. The Labute approximate surface area is 134 Å². The summed E-state index contributed by atoms with van der Waals surface area (Å²) in [5.74, 6) is 0.929. The SMILES string of the molecule is C[C@@H]1CCCN(S(=O)(=O)NCc2coc(-c3cccs3)n2)C1. The Balaban J connectivity index is 1.62. The topological polar surface area (TPSA) is 75.4 Å². The number of hydrogen-bond acceptors (Lipinski definition) is 5. The predicted octanol–water partition coefficient (Wildman–Crippen LogP) is 2.47. The second kappa shape index (κ2) is 6.49. The smallest absolute Gasteiger partial charge is 0.279 e. The monoisotopic (exact) mass is 341 g/mol. The molecule has 0 unspecified atom stereocenters. The van der Waals surface area contributed by atoms with Crippen molar-refractivity contribution in [2.75, 3.05) is 13.1 Å². The number of piperidine rings is 1. The summed E-state index contributed by atoms with van der Waals surface area (Å²) in [5, 5.41) is 1.94. The molecule has 1 N–H and O–H groups in total. The lowest BCUT2D eigenvalue weighted by atomic mass is 10.0.